The van der Waals surface area contributed by atoms with Gasteiger partial charge in [-0.15, -0.1) is 0 Å². The van der Waals surface area contributed by atoms with Crippen LogP contribution < -0.4 is 15.0 Å². The predicted molar refractivity (Wildman–Crippen MR) is 131 cm³/mol. The van der Waals surface area contributed by atoms with Crippen LogP contribution >= 0.6 is 0 Å². The fraction of sp³-hybridized carbons (Fsp3) is 0.208. The third-order valence-electron chi connectivity index (χ3n) is 5.88. The number of nitrogens with one attached hydrogen (secondary N) is 2. The van der Waals surface area contributed by atoms with E-state index >= 15 is 0 Å². The third-order valence-corrected chi connectivity index (χ3v) is 5.88. The summed E-state index contributed by atoms with van der Waals surface area (Å²) in [6, 6.07) is 12.0. The Hall–Kier alpha value is -4.67. The number of carbonyl (C=O) groups excluding carboxylic acids is 1. The summed E-state index contributed by atoms with van der Waals surface area (Å²) in [7, 11) is 0. The van der Waals surface area contributed by atoms with E-state index in [9.17, 15) is 14.9 Å². The minimum absolute atomic E-state index is 0.0233. The van der Waals surface area contributed by atoms with E-state index in [1.807, 2.05) is 31.2 Å². The summed E-state index contributed by atoms with van der Waals surface area (Å²) in [5, 5.41) is 14.6. The van der Waals surface area contributed by atoms with E-state index in [-0.39, 0.29) is 11.7 Å². The molecular weight excluding hydrogens is 450 g/mol. The minimum atomic E-state index is -0.452. The highest BCUT2D eigenvalue weighted by atomic mass is 16.6. The Morgan fingerprint density at radius 1 is 1.06 bits per heavy atom. The molecule has 4 aromatic rings. The maximum atomic E-state index is 12.8. The number of carbonyl (C=O) groups is 1. The van der Waals surface area contributed by atoms with Crippen LogP contribution in [0.1, 0.15) is 5.82 Å². The molecule has 1 fully saturated rings. The monoisotopic (exact) mass is 473 g/mol. The number of fused-ring (bicyclic) bond motifs is 1. The molecule has 11 nitrogen and oxygen atoms in total. The number of H-pyrrole nitrogens is 1. The molecule has 3 heterocycles. The highest BCUT2D eigenvalue weighted by Gasteiger charge is 2.22. The molecular formula is C24H23N7O4. The first kappa shape index (κ1) is 22.1. The van der Waals surface area contributed by atoms with Gasteiger partial charge in [-0.3, -0.25) is 10.1 Å². The number of non-ortho nitro benzene ring substituents is 1. The highest BCUT2D eigenvalue weighted by molar-refractivity contribution is 6.01. The van der Waals surface area contributed by atoms with Crippen LogP contribution in [0.25, 0.3) is 10.9 Å². The Labute approximate surface area is 200 Å². The number of amides is 2. The van der Waals surface area contributed by atoms with Gasteiger partial charge in [0.1, 0.15) is 11.6 Å². The lowest BCUT2D eigenvalue weighted by Crippen LogP contribution is -2.50. The molecule has 2 N–H and O–H groups in total. The number of rotatable bonds is 5. The maximum absolute atomic E-state index is 12.8. The number of aryl methyl sites for hydroxylation is 1. The van der Waals surface area contributed by atoms with Crippen LogP contribution in [0.2, 0.25) is 0 Å². The van der Waals surface area contributed by atoms with Crippen LogP contribution in [0.4, 0.5) is 21.9 Å². The average Bonchev–Trinajstić information content (AvgIpc) is 3.28. The molecule has 0 spiro atoms. The zero-order chi connectivity index (χ0) is 24.4. The second-order valence-electron chi connectivity index (χ2n) is 8.16. The Kier molecular flexibility index (Phi) is 5.88. The van der Waals surface area contributed by atoms with Crippen molar-refractivity contribution in [3.05, 3.63) is 77.0 Å². The molecule has 2 amide bonds. The fourth-order valence-corrected chi connectivity index (χ4v) is 3.98. The van der Waals surface area contributed by atoms with Crippen molar-refractivity contribution < 1.29 is 14.5 Å². The first-order chi connectivity index (χ1) is 17.0. The fourth-order valence-electron chi connectivity index (χ4n) is 3.98. The summed E-state index contributed by atoms with van der Waals surface area (Å²) in [4.78, 5) is 38.7. The van der Waals surface area contributed by atoms with Crippen molar-refractivity contribution in [2.45, 2.75) is 6.92 Å². The first-order valence-corrected chi connectivity index (χ1v) is 11.1. The molecule has 2 aromatic carbocycles. The molecule has 0 unspecified atom stereocenters. The van der Waals surface area contributed by atoms with Gasteiger partial charge in [0.15, 0.2) is 5.75 Å². The number of benzene rings is 2. The SMILES string of the molecule is Cc1ncc(Oc2ccc(N3CCN(C(=O)Nc4c[nH]c5ccc([N+](=O)[O-])cc45)CC3)cc2)cn1. The number of hydrogen-bond donors (Lipinski definition) is 2. The summed E-state index contributed by atoms with van der Waals surface area (Å²) < 4.78 is 5.78. The highest BCUT2D eigenvalue weighted by Crippen LogP contribution is 2.28. The number of nitro groups is 1. The number of nitrogens with zero attached hydrogens (tertiary/aromatic N) is 5. The van der Waals surface area contributed by atoms with Gasteiger partial charge in [-0.2, -0.15) is 0 Å². The molecule has 0 radical (unpaired) electrons. The van der Waals surface area contributed by atoms with Crippen molar-refractivity contribution in [1.29, 1.82) is 0 Å². The van der Waals surface area contributed by atoms with E-state index in [0.29, 0.717) is 54.6 Å². The summed E-state index contributed by atoms with van der Waals surface area (Å²) in [5.41, 5.74) is 2.26. The molecule has 35 heavy (non-hydrogen) atoms. The van der Waals surface area contributed by atoms with E-state index in [4.69, 9.17) is 4.74 Å². The van der Waals surface area contributed by atoms with Gasteiger partial charge in [-0.05, 0) is 37.3 Å². The van der Waals surface area contributed by atoms with Gasteiger partial charge in [0.2, 0.25) is 0 Å². The minimum Gasteiger partial charge on any atom is -0.454 e. The van der Waals surface area contributed by atoms with Crippen LogP contribution in [-0.2, 0) is 0 Å². The summed E-state index contributed by atoms with van der Waals surface area (Å²) in [5.74, 6) is 1.96. The average molecular weight is 473 g/mol. The van der Waals surface area contributed by atoms with Crippen molar-refractivity contribution in [2.24, 2.45) is 0 Å². The van der Waals surface area contributed by atoms with Crippen molar-refractivity contribution in [3.8, 4) is 11.5 Å². The lowest BCUT2D eigenvalue weighted by Gasteiger charge is -2.36. The van der Waals surface area contributed by atoms with E-state index in [1.54, 1.807) is 29.6 Å². The molecule has 0 atom stereocenters. The Morgan fingerprint density at radius 2 is 1.77 bits per heavy atom. The molecule has 2 aromatic heterocycles. The van der Waals surface area contributed by atoms with Gasteiger partial charge in [-0.1, -0.05) is 0 Å². The number of aromatic nitrogens is 3. The van der Waals surface area contributed by atoms with E-state index in [1.165, 1.54) is 12.1 Å². The predicted octanol–water partition coefficient (Wildman–Crippen LogP) is 4.32. The summed E-state index contributed by atoms with van der Waals surface area (Å²) >= 11 is 0. The quantitative estimate of drug-likeness (QED) is 0.326. The van der Waals surface area contributed by atoms with Gasteiger partial charge in [0.25, 0.3) is 5.69 Å². The van der Waals surface area contributed by atoms with Crippen molar-refractivity contribution >= 4 is 34.0 Å². The molecule has 0 aliphatic carbocycles. The standard InChI is InChI=1S/C24H23N7O4/c1-16-25-13-20(14-26-16)35-19-5-2-17(3-6-19)29-8-10-30(11-9-29)24(32)28-23-15-27-22-7-4-18(31(33)34)12-21(22)23/h2-7,12-15,27H,8-11H2,1H3,(H,28,32). The van der Waals surface area contributed by atoms with Crippen LogP contribution in [-0.4, -0.2) is 57.0 Å². The van der Waals surface area contributed by atoms with Crippen LogP contribution in [0.5, 0.6) is 11.5 Å². The molecule has 11 heteroatoms. The molecule has 1 aliphatic heterocycles. The molecule has 178 valence electrons. The summed E-state index contributed by atoms with van der Waals surface area (Å²) in [6.07, 6.45) is 4.92. The second kappa shape index (κ2) is 9.29. The lowest BCUT2D eigenvalue weighted by atomic mass is 10.2. The normalized spacial score (nSPS) is 13.6. The topological polar surface area (TPSA) is 130 Å². The van der Waals surface area contributed by atoms with Gasteiger partial charge < -0.3 is 24.8 Å². The van der Waals surface area contributed by atoms with E-state index in [0.717, 1.165) is 11.2 Å². The van der Waals surface area contributed by atoms with Gasteiger partial charge in [-0.25, -0.2) is 14.8 Å². The Balaban J connectivity index is 1.18. The molecule has 1 aliphatic rings. The van der Waals surface area contributed by atoms with Crippen LogP contribution in [0.3, 0.4) is 0 Å². The first-order valence-electron chi connectivity index (χ1n) is 11.1. The van der Waals surface area contributed by atoms with Crippen LogP contribution in [0.15, 0.2) is 61.1 Å². The number of nitro benzene ring substituents is 1. The number of anilines is 2. The molecule has 0 bridgehead atoms. The second-order valence-corrected chi connectivity index (χ2v) is 8.16. The van der Waals surface area contributed by atoms with E-state index < -0.39 is 4.92 Å². The zero-order valence-corrected chi connectivity index (χ0v) is 19.0. The number of ether oxygens (including phenoxy) is 1. The smallest absolute Gasteiger partial charge is 0.322 e. The maximum Gasteiger partial charge on any atom is 0.322 e. The van der Waals surface area contributed by atoms with E-state index in [2.05, 4.69) is 25.2 Å². The zero-order valence-electron chi connectivity index (χ0n) is 19.0. The Bertz CT molecular complexity index is 1360. The molecule has 0 saturated carbocycles. The van der Waals surface area contributed by atoms with Crippen molar-refractivity contribution in [3.63, 3.8) is 0 Å². The van der Waals surface area contributed by atoms with Crippen LogP contribution in [0, 0.1) is 17.0 Å². The number of aromatic amines is 1. The van der Waals surface area contributed by atoms with Gasteiger partial charge in [0.05, 0.1) is 23.0 Å². The number of urea groups is 1. The lowest BCUT2D eigenvalue weighted by molar-refractivity contribution is -0.384. The van der Waals surface area contributed by atoms with Crippen molar-refractivity contribution in [2.75, 3.05) is 36.4 Å². The Morgan fingerprint density at radius 3 is 2.46 bits per heavy atom. The molecule has 5 rings (SSSR count). The number of hydrogen-bond acceptors (Lipinski definition) is 7. The molecule has 1 saturated heterocycles. The number of piperazine rings is 1. The van der Waals surface area contributed by atoms with Gasteiger partial charge >= 0.3 is 6.03 Å². The van der Waals surface area contributed by atoms with Gasteiger partial charge in [0, 0.05) is 61.1 Å². The third kappa shape index (κ3) is 4.83. The largest absolute Gasteiger partial charge is 0.454 e. The summed E-state index contributed by atoms with van der Waals surface area (Å²) in [6.45, 7) is 4.27. The van der Waals surface area contributed by atoms with Crippen molar-refractivity contribution in [1.82, 2.24) is 19.9 Å².